The quantitative estimate of drug-likeness (QED) is 0.797. The van der Waals surface area contributed by atoms with Crippen molar-refractivity contribution in [3.8, 4) is 5.75 Å². The summed E-state index contributed by atoms with van der Waals surface area (Å²) in [6.45, 7) is 3.24. The van der Waals surface area contributed by atoms with Crippen molar-refractivity contribution in [1.29, 1.82) is 0 Å². The summed E-state index contributed by atoms with van der Waals surface area (Å²) in [6.07, 6.45) is 2.64. The first-order valence-corrected chi connectivity index (χ1v) is 7.10. The van der Waals surface area contributed by atoms with Crippen molar-refractivity contribution < 1.29 is 14.3 Å². The van der Waals surface area contributed by atoms with Gasteiger partial charge in [0.05, 0.1) is 6.61 Å². The summed E-state index contributed by atoms with van der Waals surface area (Å²) in [4.78, 5) is 12.3. The maximum atomic E-state index is 12.3. The van der Waals surface area contributed by atoms with Crippen LogP contribution < -0.4 is 4.74 Å². The molecule has 0 aliphatic carbocycles. The molecule has 0 aromatic heterocycles. The fourth-order valence-electron chi connectivity index (χ4n) is 2.07. The summed E-state index contributed by atoms with van der Waals surface area (Å²) in [6, 6.07) is 5.46. The van der Waals surface area contributed by atoms with Gasteiger partial charge in [-0.1, -0.05) is 0 Å². The molecule has 1 aliphatic heterocycles. The van der Waals surface area contributed by atoms with Crippen molar-refractivity contribution in [3.63, 3.8) is 0 Å². The van der Waals surface area contributed by atoms with Gasteiger partial charge in [-0.15, -0.1) is 0 Å². The third kappa shape index (κ3) is 3.12. The molecule has 1 aromatic rings. The number of halogens is 1. The second-order valence-corrected chi connectivity index (χ2v) is 5.15. The first-order chi connectivity index (χ1) is 8.72. The van der Waals surface area contributed by atoms with E-state index in [1.165, 1.54) is 0 Å². The maximum absolute atomic E-state index is 12.3. The van der Waals surface area contributed by atoms with Gasteiger partial charge in [0.1, 0.15) is 11.9 Å². The minimum absolute atomic E-state index is 0.0598. The molecule has 0 radical (unpaired) electrons. The van der Waals surface area contributed by atoms with Crippen LogP contribution in [-0.4, -0.2) is 25.1 Å². The van der Waals surface area contributed by atoms with Crippen LogP contribution in [0.3, 0.4) is 0 Å². The van der Waals surface area contributed by atoms with E-state index in [0.29, 0.717) is 18.8 Å². The van der Waals surface area contributed by atoms with Crippen LogP contribution in [0.25, 0.3) is 0 Å². The van der Waals surface area contributed by atoms with Crippen molar-refractivity contribution in [3.05, 3.63) is 28.2 Å². The molecule has 1 heterocycles. The summed E-state index contributed by atoms with van der Waals surface area (Å²) in [5, 5.41) is 0. The Balaban J connectivity index is 2.14. The van der Waals surface area contributed by atoms with Gasteiger partial charge >= 0.3 is 0 Å². The molecule has 0 amide bonds. The van der Waals surface area contributed by atoms with Crippen LogP contribution in [0.1, 0.15) is 36.5 Å². The van der Waals surface area contributed by atoms with Gasteiger partial charge in [0.15, 0.2) is 5.78 Å². The molecule has 1 atom stereocenters. The Kier molecular flexibility index (Phi) is 4.78. The number of rotatable bonds is 4. The lowest BCUT2D eigenvalue weighted by Gasteiger charge is -2.21. The predicted molar refractivity (Wildman–Crippen MR) is 73.2 cm³/mol. The van der Waals surface area contributed by atoms with Gasteiger partial charge < -0.3 is 9.47 Å². The van der Waals surface area contributed by atoms with Crippen molar-refractivity contribution in [2.45, 2.75) is 32.3 Å². The number of hydrogen-bond acceptors (Lipinski definition) is 3. The summed E-state index contributed by atoms with van der Waals surface area (Å²) >= 11 is 3.43. The molecule has 98 valence electrons. The first kappa shape index (κ1) is 13.6. The zero-order valence-electron chi connectivity index (χ0n) is 10.4. The Hall–Kier alpha value is -0.870. The predicted octanol–water partition coefficient (Wildman–Crippen LogP) is 3.60. The number of carbonyl (C=O) groups excluding carboxylic acids is 1. The fourth-order valence-corrected chi connectivity index (χ4v) is 2.63. The average Bonchev–Trinajstić information content (AvgIpc) is 2.40. The topological polar surface area (TPSA) is 35.5 Å². The van der Waals surface area contributed by atoms with Crippen LogP contribution in [0.4, 0.5) is 0 Å². The Labute approximate surface area is 116 Å². The third-order valence-electron chi connectivity index (χ3n) is 2.99. The van der Waals surface area contributed by atoms with Gasteiger partial charge in [-0.2, -0.15) is 0 Å². The van der Waals surface area contributed by atoms with Crippen molar-refractivity contribution >= 4 is 21.7 Å². The van der Waals surface area contributed by atoms with Crippen LogP contribution in [0.2, 0.25) is 0 Å². The number of ether oxygens (including phenoxy) is 2. The van der Waals surface area contributed by atoms with E-state index in [1.54, 1.807) is 6.07 Å². The summed E-state index contributed by atoms with van der Waals surface area (Å²) in [7, 11) is 0. The molecule has 0 N–H and O–H groups in total. The largest absolute Gasteiger partial charge is 0.494 e. The molecule has 4 heteroatoms. The number of hydrogen-bond donors (Lipinski definition) is 0. The van der Waals surface area contributed by atoms with E-state index in [0.717, 1.165) is 29.5 Å². The van der Waals surface area contributed by atoms with E-state index in [1.807, 2.05) is 19.1 Å². The van der Waals surface area contributed by atoms with E-state index < -0.39 is 0 Å². The molecular weight excluding hydrogens is 296 g/mol. The highest BCUT2D eigenvalue weighted by Gasteiger charge is 2.24. The highest BCUT2D eigenvalue weighted by molar-refractivity contribution is 9.10. The second kappa shape index (κ2) is 6.34. The highest BCUT2D eigenvalue weighted by atomic mass is 79.9. The lowest BCUT2D eigenvalue weighted by molar-refractivity contribution is 0.0186. The molecule has 1 aliphatic rings. The minimum atomic E-state index is -0.284. The van der Waals surface area contributed by atoms with Gasteiger partial charge in [-0.05, 0) is 60.3 Å². The molecule has 1 fully saturated rings. The smallest absolute Gasteiger partial charge is 0.192 e. The fraction of sp³-hybridized carbons (Fsp3) is 0.500. The van der Waals surface area contributed by atoms with Crippen molar-refractivity contribution in [1.82, 2.24) is 0 Å². The molecule has 3 nitrogen and oxygen atoms in total. The molecule has 1 aromatic carbocycles. The Morgan fingerprint density at radius 3 is 2.94 bits per heavy atom. The van der Waals surface area contributed by atoms with Crippen LogP contribution in [0.15, 0.2) is 22.7 Å². The van der Waals surface area contributed by atoms with Gasteiger partial charge in [-0.3, -0.25) is 4.79 Å². The van der Waals surface area contributed by atoms with E-state index in [9.17, 15) is 4.79 Å². The molecule has 1 saturated heterocycles. The molecule has 0 spiro atoms. The number of benzene rings is 1. The standard InChI is InChI=1S/C14H17BrO3/c1-2-17-10-6-7-11(12(15)9-10)14(16)13-5-3-4-8-18-13/h6-7,9,13H,2-5,8H2,1H3. The normalized spacial score (nSPS) is 19.6. The lowest BCUT2D eigenvalue weighted by Crippen LogP contribution is -2.28. The minimum Gasteiger partial charge on any atom is -0.494 e. The van der Waals surface area contributed by atoms with Gasteiger partial charge in [0, 0.05) is 16.6 Å². The number of Topliss-reactive ketones (excluding diaryl/α,β-unsaturated/α-hetero) is 1. The van der Waals surface area contributed by atoms with E-state index in [4.69, 9.17) is 9.47 Å². The third-order valence-corrected chi connectivity index (χ3v) is 3.65. The summed E-state index contributed by atoms with van der Waals surface area (Å²) < 4.78 is 11.7. The van der Waals surface area contributed by atoms with Crippen LogP contribution in [0.5, 0.6) is 5.75 Å². The molecule has 2 rings (SSSR count). The van der Waals surface area contributed by atoms with Gasteiger partial charge in [0.25, 0.3) is 0 Å². The maximum Gasteiger partial charge on any atom is 0.192 e. The van der Waals surface area contributed by atoms with Crippen molar-refractivity contribution in [2.75, 3.05) is 13.2 Å². The molecule has 1 unspecified atom stereocenters. The SMILES string of the molecule is CCOc1ccc(C(=O)C2CCCCO2)c(Br)c1. The van der Waals surface area contributed by atoms with Crippen LogP contribution in [0, 0.1) is 0 Å². The zero-order chi connectivity index (χ0) is 13.0. The Bertz CT molecular complexity index is 425. The number of carbonyl (C=O) groups is 1. The molecule has 0 saturated carbocycles. The van der Waals surface area contributed by atoms with Crippen LogP contribution >= 0.6 is 15.9 Å². The zero-order valence-corrected chi connectivity index (χ0v) is 12.0. The molecule has 0 bridgehead atoms. The summed E-state index contributed by atoms with van der Waals surface area (Å²) in [5.74, 6) is 0.829. The number of ketones is 1. The summed E-state index contributed by atoms with van der Waals surface area (Å²) in [5.41, 5.74) is 0.672. The Morgan fingerprint density at radius 1 is 1.50 bits per heavy atom. The van der Waals surface area contributed by atoms with E-state index >= 15 is 0 Å². The molecular formula is C14H17BrO3. The lowest BCUT2D eigenvalue weighted by atomic mass is 10.00. The van der Waals surface area contributed by atoms with E-state index in [2.05, 4.69) is 15.9 Å². The van der Waals surface area contributed by atoms with Crippen molar-refractivity contribution in [2.24, 2.45) is 0 Å². The van der Waals surface area contributed by atoms with E-state index in [-0.39, 0.29) is 11.9 Å². The van der Waals surface area contributed by atoms with Gasteiger partial charge in [-0.25, -0.2) is 0 Å². The van der Waals surface area contributed by atoms with Gasteiger partial charge in [0.2, 0.25) is 0 Å². The molecule has 18 heavy (non-hydrogen) atoms. The first-order valence-electron chi connectivity index (χ1n) is 6.30. The monoisotopic (exact) mass is 312 g/mol. The van der Waals surface area contributed by atoms with Crippen LogP contribution in [-0.2, 0) is 4.74 Å². The highest BCUT2D eigenvalue weighted by Crippen LogP contribution is 2.26. The Morgan fingerprint density at radius 2 is 2.33 bits per heavy atom. The average molecular weight is 313 g/mol. The second-order valence-electron chi connectivity index (χ2n) is 4.29.